The molecule has 1 saturated heterocycles. The van der Waals surface area contributed by atoms with Crippen LogP contribution in [0.5, 0.6) is 0 Å². The summed E-state index contributed by atoms with van der Waals surface area (Å²) in [5, 5.41) is 10.9. The third kappa shape index (κ3) is 4.44. The summed E-state index contributed by atoms with van der Waals surface area (Å²) < 4.78 is 8.63. The molecule has 0 unspecified atom stereocenters. The van der Waals surface area contributed by atoms with Crippen LogP contribution in [0.3, 0.4) is 0 Å². The number of aromatic nitrogens is 4. The van der Waals surface area contributed by atoms with Gasteiger partial charge in [0, 0.05) is 34.4 Å². The summed E-state index contributed by atoms with van der Waals surface area (Å²) in [4.78, 5) is 27.8. The van der Waals surface area contributed by atoms with Crippen molar-refractivity contribution in [2.75, 3.05) is 25.4 Å². The smallest absolute Gasteiger partial charge is 0.248 e. The summed E-state index contributed by atoms with van der Waals surface area (Å²) in [6.45, 7) is 1.67. The normalized spacial score (nSPS) is 15.0. The average Bonchev–Trinajstić information content (AvgIpc) is 3.42. The predicted octanol–water partition coefficient (Wildman–Crippen LogP) is 3.69. The average molecular weight is 531 g/mol. The summed E-state index contributed by atoms with van der Waals surface area (Å²) in [6, 6.07) is 5.96. The van der Waals surface area contributed by atoms with Crippen LogP contribution in [0.1, 0.15) is 19.3 Å². The summed E-state index contributed by atoms with van der Waals surface area (Å²) in [6.07, 6.45) is 5.91. The van der Waals surface area contributed by atoms with E-state index in [1.54, 1.807) is 11.2 Å². The lowest BCUT2D eigenvalue weighted by Gasteiger charge is -2.31. The van der Waals surface area contributed by atoms with Gasteiger partial charge in [-0.2, -0.15) is 0 Å². The third-order valence-electron chi connectivity index (χ3n) is 6.10. The fourth-order valence-electron chi connectivity index (χ4n) is 4.24. The highest BCUT2D eigenvalue weighted by atomic mass is 79.9. The number of halogens is 1. The van der Waals surface area contributed by atoms with Gasteiger partial charge in [0.2, 0.25) is 5.91 Å². The molecule has 1 amide bonds. The number of carbonyl (C=O) groups is 1. The molecule has 0 bridgehead atoms. The standard InChI is InChI=1S/C22H23BrN6O3S/c23-15-9-14-4-8-32-16(14)10-17(15)33-22-27-19-20(24)25-12-26-21(19)29(22)7-3-13-1-5-28(6-2-13)18(31)11-30/h4,8-10,12-13,30H,1-3,5-7,11H2,(H2,24,25,26). The number of aryl methyl sites for hydroxylation is 1. The zero-order valence-electron chi connectivity index (χ0n) is 17.8. The topological polar surface area (TPSA) is 123 Å². The largest absolute Gasteiger partial charge is 0.464 e. The van der Waals surface area contributed by atoms with E-state index in [9.17, 15) is 4.79 Å². The number of furan rings is 1. The van der Waals surface area contributed by atoms with Gasteiger partial charge in [-0.1, -0.05) is 11.8 Å². The number of amides is 1. The van der Waals surface area contributed by atoms with E-state index in [0.717, 1.165) is 51.3 Å². The quantitative estimate of drug-likeness (QED) is 0.386. The highest BCUT2D eigenvalue weighted by Gasteiger charge is 2.24. The highest BCUT2D eigenvalue weighted by Crippen LogP contribution is 2.38. The Labute approximate surface area is 202 Å². The first-order valence-electron chi connectivity index (χ1n) is 10.7. The lowest BCUT2D eigenvalue weighted by Crippen LogP contribution is -2.40. The zero-order chi connectivity index (χ0) is 22.9. The molecule has 3 aromatic heterocycles. The number of aliphatic hydroxyl groups is 1. The Balaban J connectivity index is 1.39. The van der Waals surface area contributed by atoms with Crippen molar-refractivity contribution in [1.29, 1.82) is 0 Å². The summed E-state index contributed by atoms with van der Waals surface area (Å²) in [5.74, 6) is 0.643. The van der Waals surface area contributed by atoms with Crippen molar-refractivity contribution in [3.63, 3.8) is 0 Å². The van der Waals surface area contributed by atoms with Gasteiger partial charge in [-0.25, -0.2) is 15.0 Å². The van der Waals surface area contributed by atoms with Gasteiger partial charge in [-0.15, -0.1) is 0 Å². The second-order valence-corrected chi connectivity index (χ2v) is 9.95. The molecule has 1 aromatic carbocycles. The number of nitrogens with two attached hydrogens (primary N) is 1. The molecule has 11 heteroatoms. The molecule has 1 aliphatic rings. The monoisotopic (exact) mass is 530 g/mol. The van der Waals surface area contributed by atoms with E-state index >= 15 is 0 Å². The van der Waals surface area contributed by atoms with E-state index in [2.05, 4.69) is 30.5 Å². The fourth-order valence-corrected chi connectivity index (χ4v) is 5.78. The Kier molecular flexibility index (Phi) is 6.26. The molecular formula is C22H23BrN6O3S. The number of imidazole rings is 1. The molecule has 0 saturated carbocycles. The van der Waals surface area contributed by atoms with E-state index in [-0.39, 0.29) is 5.91 Å². The maximum Gasteiger partial charge on any atom is 0.248 e. The van der Waals surface area contributed by atoms with Gasteiger partial charge in [-0.3, -0.25) is 4.79 Å². The van der Waals surface area contributed by atoms with Crippen molar-refractivity contribution in [3.8, 4) is 0 Å². The van der Waals surface area contributed by atoms with Crippen LogP contribution in [0.4, 0.5) is 5.82 Å². The van der Waals surface area contributed by atoms with E-state index in [1.807, 2.05) is 18.2 Å². The predicted molar refractivity (Wildman–Crippen MR) is 129 cm³/mol. The zero-order valence-corrected chi connectivity index (χ0v) is 20.2. The van der Waals surface area contributed by atoms with Crippen LogP contribution in [-0.2, 0) is 11.3 Å². The van der Waals surface area contributed by atoms with Crippen LogP contribution in [0.2, 0.25) is 0 Å². The minimum absolute atomic E-state index is 0.195. The van der Waals surface area contributed by atoms with Crippen LogP contribution in [0.25, 0.3) is 22.1 Å². The molecule has 33 heavy (non-hydrogen) atoms. The van der Waals surface area contributed by atoms with Crippen LogP contribution in [0.15, 0.2) is 49.7 Å². The van der Waals surface area contributed by atoms with Crippen LogP contribution >= 0.6 is 27.7 Å². The van der Waals surface area contributed by atoms with Gasteiger partial charge in [0.25, 0.3) is 0 Å². The molecule has 3 N–H and O–H groups in total. The number of benzene rings is 1. The summed E-state index contributed by atoms with van der Waals surface area (Å²) in [7, 11) is 0. The van der Waals surface area contributed by atoms with Crippen molar-refractivity contribution >= 4 is 61.5 Å². The molecule has 4 aromatic rings. The number of piperidine rings is 1. The lowest BCUT2D eigenvalue weighted by molar-refractivity contribution is -0.135. The number of anilines is 1. The first kappa shape index (κ1) is 22.2. The number of nitrogens with zero attached hydrogens (tertiary/aromatic N) is 5. The molecule has 4 heterocycles. The number of hydrogen-bond donors (Lipinski definition) is 2. The Bertz CT molecular complexity index is 1310. The second kappa shape index (κ2) is 9.32. The van der Waals surface area contributed by atoms with E-state index < -0.39 is 6.61 Å². The van der Waals surface area contributed by atoms with E-state index in [1.165, 1.54) is 18.1 Å². The van der Waals surface area contributed by atoms with Gasteiger partial charge in [0.1, 0.15) is 18.5 Å². The SMILES string of the molecule is Nc1ncnc2c1nc(Sc1cc3occc3cc1Br)n2CCC1CCN(C(=O)CO)CC1. The van der Waals surface area contributed by atoms with Gasteiger partial charge < -0.3 is 24.7 Å². The third-order valence-corrected chi connectivity index (χ3v) is 8.07. The minimum atomic E-state index is -0.424. The molecule has 9 nitrogen and oxygen atoms in total. The minimum Gasteiger partial charge on any atom is -0.464 e. The van der Waals surface area contributed by atoms with Gasteiger partial charge in [0.15, 0.2) is 22.1 Å². The second-order valence-electron chi connectivity index (χ2n) is 8.09. The first-order chi connectivity index (χ1) is 16.0. The van der Waals surface area contributed by atoms with Crippen molar-refractivity contribution in [2.24, 2.45) is 5.92 Å². The van der Waals surface area contributed by atoms with Crippen molar-refractivity contribution in [3.05, 3.63) is 35.3 Å². The molecular weight excluding hydrogens is 508 g/mol. The van der Waals surface area contributed by atoms with Crippen molar-refractivity contribution < 1.29 is 14.3 Å². The number of likely N-dealkylation sites (tertiary alicyclic amines) is 1. The van der Waals surface area contributed by atoms with Gasteiger partial charge in [0.05, 0.1) is 6.26 Å². The van der Waals surface area contributed by atoms with Crippen molar-refractivity contribution in [2.45, 2.75) is 35.9 Å². The summed E-state index contributed by atoms with van der Waals surface area (Å²) in [5.41, 5.74) is 8.22. The van der Waals surface area contributed by atoms with E-state index in [4.69, 9.17) is 20.2 Å². The molecule has 0 atom stereocenters. The Hall–Kier alpha value is -2.63. The lowest BCUT2D eigenvalue weighted by atomic mass is 9.93. The maximum atomic E-state index is 11.7. The molecule has 0 radical (unpaired) electrons. The Morgan fingerprint density at radius 3 is 2.91 bits per heavy atom. The first-order valence-corrected chi connectivity index (χ1v) is 12.3. The molecule has 172 valence electrons. The van der Waals surface area contributed by atoms with Gasteiger partial charge >= 0.3 is 0 Å². The van der Waals surface area contributed by atoms with Crippen LogP contribution in [0, 0.1) is 5.92 Å². The summed E-state index contributed by atoms with van der Waals surface area (Å²) >= 11 is 5.19. The molecule has 1 aliphatic heterocycles. The van der Waals surface area contributed by atoms with E-state index in [0.29, 0.717) is 36.0 Å². The number of nitrogen functional groups attached to an aromatic ring is 1. The van der Waals surface area contributed by atoms with Crippen LogP contribution < -0.4 is 5.73 Å². The molecule has 1 fully saturated rings. The number of carbonyl (C=O) groups excluding carboxylic acids is 1. The van der Waals surface area contributed by atoms with Crippen molar-refractivity contribution in [1.82, 2.24) is 24.4 Å². The molecule has 5 rings (SSSR count). The Morgan fingerprint density at radius 2 is 2.12 bits per heavy atom. The highest BCUT2D eigenvalue weighted by molar-refractivity contribution is 9.10. The van der Waals surface area contributed by atoms with Crippen LogP contribution in [-0.4, -0.2) is 55.1 Å². The number of rotatable bonds is 6. The molecule has 0 aliphatic carbocycles. The Morgan fingerprint density at radius 1 is 1.30 bits per heavy atom. The number of hydrogen-bond acceptors (Lipinski definition) is 8. The fraction of sp³-hybridized carbons (Fsp3) is 0.364. The van der Waals surface area contributed by atoms with Gasteiger partial charge in [-0.05, 0) is 59.3 Å². The maximum absolute atomic E-state index is 11.7. The molecule has 0 spiro atoms. The number of aliphatic hydroxyl groups excluding tert-OH is 1. The number of fused-ring (bicyclic) bond motifs is 2.